The summed E-state index contributed by atoms with van der Waals surface area (Å²) in [7, 11) is 1.89. The standard InChI is InChI=1S/C15H10BrClN2OS/c1-19-12-7-6-9(17)8-13(12)21-15(19)18-14(20)10-4-2-3-5-11(10)16/h2-8H,1H3. The zero-order chi connectivity index (χ0) is 15.0. The molecular weight excluding hydrogens is 372 g/mol. The van der Waals surface area contributed by atoms with Crippen LogP contribution >= 0.6 is 38.9 Å². The highest BCUT2D eigenvalue weighted by molar-refractivity contribution is 9.10. The summed E-state index contributed by atoms with van der Waals surface area (Å²) in [5, 5.41) is 0.674. The van der Waals surface area contributed by atoms with Gasteiger partial charge in [0.05, 0.1) is 15.8 Å². The van der Waals surface area contributed by atoms with Gasteiger partial charge in [-0.15, -0.1) is 0 Å². The van der Waals surface area contributed by atoms with Gasteiger partial charge in [0.1, 0.15) is 0 Å². The van der Waals surface area contributed by atoms with Crippen molar-refractivity contribution in [3.8, 4) is 0 Å². The van der Waals surface area contributed by atoms with Crippen molar-refractivity contribution < 1.29 is 4.79 Å². The molecule has 0 atom stereocenters. The van der Waals surface area contributed by atoms with Gasteiger partial charge in [-0.3, -0.25) is 4.79 Å². The van der Waals surface area contributed by atoms with Gasteiger partial charge < -0.3 is 4.57 Å². The third-order valence-electron chi connectivity index (χ3n) is 3.07. The number of nitrogens with zero attached hydrogens (tertiary/aromatic N) is 2. The van der Waals surface area contributed by atoms with Crippen molar-refractivity contribution in [2.75, 3.05) is 0 Å². The van der Waals surface area contributed by atoms with Crippen molar-refractivity contribution in [3.63, 3.8) is 0 Å². The molecule has 2 aromatic carbocycles. The van der Waals surface area contributed by atoms with Gasteiger partial charge in [0.2, 0.25) is 0 Å². The number of thiazole rings is 1. The highest BCUT2D eigenvalue weighted by Gasteiger charge is 2.09. The zero-order valence-electron chi connectivity index (χ0n) is 11.0. The molecule has 1 amide bonds. The molecular formula is C15H10BrClN2OS. The number of rotatable bonds is 1. The lowest BCUT2D eigenvalue weighted by molar-refractivity contribution is 0.0997. The summed E-state index contributed by atoms with van der Waals surface area (Å²) in [6.07, 6.45) is 0. The maximum absolute atomic E-state index is 12.3. The molecule has 106 valence electrons. The smallest absolute Gasteiger partial charge is 0.280 e. The minimum atomic E-state index is -0.268. The highest BCUT2D eigenvalue weighted by atomic mass is 79.9. The van der Waals surface area contributed by atoms with Crippen LogP contribution in [0, 0.1) is 0 Å². The molecule has 0 bridgehead atoms. The van der Waals surface area contributed by atoms with E-state index in [0.717, 1.165) is 14.7 Å². The van der Waals surface area contributed by atoms with Gasteiger partial charge in [0, 0.05) is 16.5 Å². The number of aromatic nitrogens is 1. The molecule has 3 aromatic rings. The lowest BCUT2D eigenvalue weighted by Crippen LogP contribution is -2.13. The number of hydrogen-bond donors (Lipinski definition) is 0. The second-order valence-electron chi connectivity index (χ2n) is 4.45. The Bertz CT molecular complexity index is 913. The number of carbonyl (C=O) groups is 1. The summed E-state index contributed by atoms with van der Waals surface area (Å²) in [6, 6.07) is 12.9. The first kappa shape index (κ1) is 14.5. The normalized spacial score (nSPS) is 12.0. The first-order chi connectivity index (χ1) is 10.1. The van der Waals surface area contributed by atoms with Gasteiger partial charge in [-0.2, -0.15) is 4.99 Å². The van der Waals surface area contributed by atoms with Crippen molar-refractivity contribution >= 4 is 55.0 Å². The first-order valence-corrected chi connectivity index (χ1v) is 8.13. The molecule has 1 heterocycles. The van der Waals surface area contributed by atoms with Crippen LogP contribution in [-0.2, 0) is 7.05 Å². The van der Waals surface area contributed by atoms with Gasteiger partial charge in [-0.05, 0) is 46.3 Å². The molecule has 3 nitrogen and oxygen atoms in total. The summed E-state index contributed by atoms with van der Waals surface area (Å²) in [4.78, 5) is 17.2. The number of amides is 1. The van der Waals surface area contributed by atoms with E-state index in [1.807, 2.05) is 48.0 Å². The Morgan fingerprint density at radius 1 is 1.29 bits per heavy atom. The quantitative estimate of drug-likeness (QED) is 0.615. The number of benzene rings is 2. The van der Waals surface area contributed by atoms with E-state index in [1.165, 1.54) is 11.3 Å². The summed E-state index contributed by atoms with van der Waals surface area (Å²) >= 11 is 10.8. The SMILES string of the molecule is Cn1c(=NC(=O)c2ccccc2Br)sc2cc(Cl)ccc21. The van der Waals surface area contributed by atoms with E-state index in [2.05, 4.69) is 20.9 Å². The third-order valence-corrected chi connectivity index (χ3v) is 5.09. The maximum Gasteiger partial charge on any atom is 0.280 e. The van der Waals surface area contributed by atoms with E-state index in [1.54, 1.807) is 6.07 Å². The van der Waals surface area contributed by atoms with Crippen LogP contribution in [0.25, 0.3) is 10.2 Å². The van der Waals surface area contributed by atoms with Crippen molar-refractivity contribution in [2.45, 2.75) is 0 Å². The Kier molecular flexibility index (Phi) is 3.97. The van der Waals surface area contributed by atoms with E-state index in [9.17, 15) is 4.79 Å². The van der Waals surface area contributed by atoms with Gasteiger partial charge in [-0.1, -0.05) is 35.1 Å². The van der Waals surface area contributed by atoms with Crippen LogP contribution in [0.3, 0.4) is 0 Å². The van der Waals surface area contributed by atoms with Crippen molar-refractivity contribution in [3.05, 3.63) is 62.3 Å². The molecule has 21 heavy (non-hydrogen) atoms. The fourth-order valence-corrected chi connectivity index (χ4v) is 3.74. The minimum absolute atomic E-state index is 0.268. The number of aryl methyl sites for hydroxylation is 1. The Morgan fingerprint density at radius 2 is 2.05 bits per heavy atom. The summed E-state index contributed by atoms with van der Waals surface area (Å²) in [6.45, 7) is 0. The van der Waals surface area contributed by atoms with Crippen molar-refractivity contribution in [2.24, 2.45) is 12.0 Å². The van der Waals surface area contributed by atoms with Gasteiger partial charge in [0.25, 0.3) is 5.91 Å². The molecule has 0 radical (unpaired) electrons. The van der Waals surface area contributed by atoms with E-state index in [-0.39, 0.29) is 5.91 Å². The number of hydrogen-bond acceptors (Lipinski definition) is 2. The number of halogens is 2. The van der Waals surface area contributed by atoms with Crippen LogP contribution in [-0.4, -0.2) is 10.5 Å². The Balaban J connectivity index is 2.14. The maximum atomic E-state index is 12.3. The molecule has 0 aliphatic rings. The molecule has 0 spiro atoms. The van der Waals surface area contributed by atoms with Crippen LogP contribution in [0.15, 0.2) is 51.9 Å². The number of carbonyl (C=O) groups excluding carboxylic acids is 1. The molecule has 0 aliphatic heterocycles. The topological polar surface area (TPSA) is 34.4 Å². The van der Waals surface area contributed by atoms with Crippen LogP contribution in [0.2, 0.25) is 5.02 Å². The van der Waals surface area contributed by atoms with E-state index in [0.29, 0.717) is 15.4 Å². The fourth-order valence-electron chi connectivity index (χ4n) is 2.00. The lowest BCUT2D eigenvalue weighted by Gasteiger charge is -1.98. The summed E-state index contributed by atoms with van der Waals surface area (Å²) in [5.74, 6) is -0.268. The lowest BCUT2D eigenvalue weighted by atomic mass is 10.2. The molecule has 0 N–H and O–H groups in total. The molecule has 6 heteroatoms. The second-order valence-corrected chi connectivity index (χ2v) is 6.75. The molecule has 0 saturated carbocycles. The summed E-state index contributed by atoms with van der Waals surface area (Å²) < 4.78 is 3.64. The first-order valence-electron chi connectivity index (χ1n) is 6.15. The summed E-state index contributed by atoms with van der Waals surface area (Å²) in [5.41, 5.74) is 1.55. The zero-order valence-corrected chi connectivity index (χ0v) is 14.2. The van der Waals surface area contributed by atoms with Crippen molar-refractivity contribution in [1.82, 2.24) is 4.57 Å². The molecule has 0 aliphatic carbocycles. The van der Waals surface area contributed by atoms with E-state index in [4.69, 9.17) is 11.6 Å². The monoisotopic (exact) mass is 380 g/mol. The molecule has 0 unspecified atom stereocenters. The largest absolute Gasteiger partial charge is 0.319 e. The fraction of sp³-hybridized carbons (Fsp3) is 0.0667. The average Bonchev–Trinajstić information content (AvgIpc) is 2.75. The predicted molar refractivity (Wildman–Crippen MR) is 89.8 cm³/mol. The van der Waals surface area contributed by atoms with Crippen LogP contribution in [0.5, 0.6) is 0 Å². The number of fused-ring (bicyclic) bond motifs is 1. The Hall–Kier alpha value is -1.43. The van der Waals surface area contributed by atoms with Crippen LogP contribution < -0.4 is 4.80 Å². The molecule has 1 aromatic heterocycles. The highest BCUT2D eigenvalue weighted by Crippen LogP contribution is 2.21. The molecule has 0 saturated heterocycles. The Morgan fingerprint density at radius 3 is 2.81 bits per heavy atom. The Labute approximate surface area is 138 Å². The predicted octanol–water partition coefficient (Wildman–Crippen LogP) is 4.40. The van der Waals surface area contributed by atoms with Crippen LogP contribution in [0.4, 0.5) is 0 Å². The van der Waals surface area contributed by atoms with E-state index >= 15 is 0 Å². The molecule has 3 rings (SSSR count). The second kappa shape index (κ2) is 5.75. The molecule has 0 fully saturated rings. The van der Waals surface area contributed by atoms with Crippen LogP contribution in [0.1, 0.15) is 10.4 Å². The average molecular weight is 382 g/mol. The van der Waals surface area contributed by atoms with Crippen molar-refractivity contribution in [1.29, 1.82) is 0 Å². The van der Waals surface area contributed by atoms with Gasteiger partial charge in [0.15, 0.2) is 4.80 Å². The van der Waals surface area contributed by atoms with Gasteiger partial charge in [-0.25, -0.2) is 0 Å². The van der Waals surface area contributed by atoms with E-state index < -0.39 is 0 Å². The minimum Gasteiger partial charge on any atom is -0.319 e. The van der Waals surface area contributed by atoms with Gasteiger partial charge >= 0.3 is 0 Å². The third kappa shape index (κ3) is 2.81.